The summed E-state index contributed by atoms with van der Waals surface area (Å²) in [4.78, 5) is 50.5. The highest BCUT2D eigenvalue weighted by molar-refractivity contribution is 6.08. The first kappa shape index (κ1) is 26.3. The van der Waals surface area contributed by atoms with E-state index in [1.165, 1.54) is 25.5 Å². The minimum absolute atomic E-state index is 0.166. The second-order valence-electron chi connectivity index (χ2n) is 8.52. The molecule has 1 aliphatic carbocycles. The number of rotatable bonds is 6. The summed E-state index contributed by atoms with van der Waals surface area (Å²) < 4.78 is 31.2. The number of likely N-dealkylation sites (tertiary alicyclic amines) is 1. The summed E-state index contributed by atoms with van der Waals surface area (Å²) >= 11 is 0. The maximum absolute atomic E-state index is 12.7. The first-order valence-electron chi connectivity index (χ1n) is 10.8. The standard InChI is InChI=1S/C20H27N3O4.C2HF3O/c1-12(14-5-3-2-4-6-14)9-17(24)23-18(20(26)27)15(19(23)25)10-13-7-8-22-16(21)11-13;3-2(4,5)1-6/h7-8,11-12,14-15,18H,2-6,9-10H2,1H3,(H2,21,22)(H,26,27);1H/t12-,15+,18-;/m0./s1. The average Bonchev–Trinajstić information content (AvgIpc) is 2.75. The van der Waals surface area contributed by atoms with E-state index in [4.69, 9.17) is 10.5 Å². The predicted octanol–water partition coefficient (Wildman–Crippen LogP) is 3.00. The van der Waals surface area contributed by atoms with Gasteiger partial charge in [-0.3, -0.25) is 19.3 Å². The van der Waals surface area contributed by atoms with Gasteiger partial charge in [-0.2, -0.15) is 13.2 Å². The second-order valence-corrected chi connectivity index (χ2v) is 8.52. The number of carbonyl (C=O) groups excluding carboxylic acids is 3. The number of aromatic nitrogens is 1. The van der Waals surface area contributed by atoms with Crippen LogP contribution in [0.3, 0.4) is 0 Å². The Morgan fingerprint density at radius 1 is 1.30 bits per heavy atom. The summed E-state index contributed by atoms with van der Waals surface area (Å²) in [5.41, 5.74) is 6.39. The Hall–Kier alpha value is -2.98. The van der Waals surface area contributed by atoms with Crippen molar-refractivity contribution in [3.8, 4) is 0 Å². The number of β-lactam (4-membered cyclic amide) rings is 1. The SMILES string of the molecule is C[C@@H](CC(=O)N1C(=O)[C@H](Cc2ccnc(N)c2)[C@H]1C(=O)O)C1CCCCC1.O=CC(F)(F)F. The van der Waals surface area contributed by atoms with Gasteiger partial charge in [-0.1, -0.05) is 39.0 Å². The van der Waals surface area contributed by atoms with Crippen molar-refractivity contribution in [1.29, 1.82) is 0 Å². The van der Waals surface area contributed by atoms with E-state index in [1.807, 2.05) is 6.92 Å². The number of carboxylic acid groups (broad SMARTS) is 1. The molecule has 182 valence electrons. The fourth-order valence-corrected chi connectivity index (χ4v) is 4.43. The molecule has 0 radical (unpaired) electrons. The number of amides is 2. The zero-order valence-electron chi connectivity index (χ0n) is 18.3. The molecule has 0 aromatic carbocycles. The van der Waals surface area contributed by atoms with Crippen LogP contribution in [0, 0.1) is 17.8 Å². The van der Waals surface area contributed by atoms with Crippen LogP contribution in [-0.2, 0) is 25.6 Å². The van der Waals surface area contributed by atoms with Crippen molar-refractivity contribution >= 4 is 29.9 Å². The number of imide groups is 1. The summed E-state index contributed by atoms with van der Waals surface area (Å²) in [6.45, 7) is 2.03. The van der Waals surface area contributed by atoms with Gasteiger partial charge in [0.2, 0.25) is 18.1 Å². The molecule has 1 saturated heterocycles. The smallest absolute Gasteiger partial charge is 0.446 e. The number of aliphatic carboxylic acids is 1. The Balaban J connectivity index is 0.000000569. The lowest BCUT2D eigenvalue weighted by atomic mass is 9.78. The number of nitrogens with zero attached hydrogens (tertiary/aromatic N) is 2. The van der Waals surface area contributed by atoms with Crippen molar-refractivity contribution in [2.45, 2.75) is 64.1 Å². The predicted molar refractivity (Wildman–Crippen MR) is 112 cm³/mol. The van der Waals surface area contributed by atoms with E-state index in [9.17, 15) is 32.7 Å². The number of halogens is 3. The Morgan fingerprint density at radius 3 is 2.42 bits per heavy atom. The van der Waals surface area contributed by atoms with Gasteiger partial charge in [0.1, 0.15) is 11.9 Å². The molecular formula is C22H28F3N3O5. The molecule has 8 nitrogen and oxygen atoms in total. The first-order chi connectivity index (χ1) is 15.4. The molecule has 2 aliphatic rings. The van der Waals surface area contributed by atoms with E-state index in [1.54, 1.807) is 12.1 Å². The van der Waals surface area contributed by atoms with E-state index in [0.717, 1.165) is 23.3 Å². The number of carbonyl (C=O) groups is 4. The van der Waals surface area contributed by atoms with Gasteiger partial charge in [-0.15, -0.1) is 0 Å². The first-order valence-corrected chi connectivity index (χ1v) is 10.8. The molecule has 1 aromatic heterocycles. The average molecular weight is 471 g/mol. The highest BCUT2D eigenvalue weighted by Crippen LogP contribution is 2.35. The van der Waals surface area contributed by atoms with Crippen LogP contribution >= 0.6 is 0 Å². The van der Waals surface area contributed by atoms with E-state index < -0.39 is 36.3 Å². The van der Waals surface area contributed by atoms with Crippen LogP contribution < -0.4 is 5.73 Å². The van der Waals surface area contributed by atoms with E-state index in [0.29, 0.717) is 11.7 Å². The van der Waals surface area contributed by atoms with Crippen LogP contribution in [0.15, 0.2) is 18.3 Å². The van der Waals surface area contributed by atoms with Gasteiger partial charge in [-0.25, -0.2) is 9.78 Å². The summed E-state index contributed by atoms with van der Waals surface area (Å²) in [6.07, 6.45) is 2.12. The van der Waals surface area contributed by atoms with E-state index in [2.05, 4.69) is 4.98 Å². The molecule has 3 N–H and O–H groups in total. The number of nitrogens with two attached hydrogens (primary N) is 1. The van der Waals surface area contributed by atoms with Crippen LogP contribution in [0.5, 0.6) is 0 Å². The van der Waals surface area contributed by atoms with Crippen molar-refractivity contribution in [3.63, 3.8) is 0 Å². The minimum atomic E-state index is -4.64. The molecule has 3 atom stereocenters. The van der Waals surface area contributed by atoms with Gasteiger partial charge >= 0.3 is 12.1 Å². The number of aldehydes is 1. The molecule has 33 heavy (non-hydrogen) atoms. The van der Waals surface area contributed by atoms with Crippen LogP contribution in [0.25, 0.3) is 0 Å². The molecule has 2 fully saturated rings. The quantitative estimate of drug-likeness (QED) is 0.482. The molecule has 3 rings (SSSR count). The van der Waals surface area contributed by atoms with Crippen molar-refractivity contribution in [2.75, 3.05) is 5.73 Å². The maximum atomic E-state index is 12.7. The minimum Gasteiger partial charge on any atom is -0.480 e. The molecule has 0 spiro atoms. The molecule has 1 saturated carbocycles. The number of hydrogen-bond donors (Lipinski definition) is 2. The van der Waals surface area contributed by atoms with Crippen LogP contribution in [0.1, 0.15) is 51.0 Å². The summed E-state index contributed by atoms with van der Waals surface area (Å²) in [5.74, 6) is -1.68. The third-order valence-electron chi connectivity index (χ3n) is 6.12. The van der Waals surface area contributed by atoms with Crippen molar-refractivity contribution in [3.05, 3.63) is 23.9 Å². The summed E-state index contributed by atoms with van der Waals surface area (Å²) in [7, 11) is 0. The fraction of sp³-hybridized carbons (Fsp3) is 0.591. The molecule has 0 bridgehead atoms. The lowest BCUT2D eigenvalue weighted by Gasteiger charge is -2.43. The second kappa shape index (κ2) is 11.2. The monoisotopic (exact) mass is 471 g/mol. The van der Waals surface area contributed by atoms with E-state index >= 15 is 0 Å². The number of pyridine rings is 1. The Labute approximate surface area is 189 Å². The molecule has 1 aliphatic heterocycles. The van der Waals surface area contributed by atoms with Gasteiger partial charge in [0.15, 0.2) is 0 Å². The number of hydrogen-bond acceptors (Lipinski definition) is 6. The molecule has 1 aromatic rings. The number of anilines is 1. The highest BCUT2D eigenvalue weighted by atomic mass is 19.4. The number of alkyl halides is 3. The van der Waals surface area contributed by atoms with Gasteiger partial charge in [0.05, 0.1) is 5.92 Å². The zero-order valence-corrected chi connectivity index (χ0v) is 18.3. The third-order valence-corrected chi connectivity index (χ3v) is 6.12. The van der Waals surface area contributed by atoms with Gasteiger partial charge in [0.25, 0.3) is 0 Å². The Morgan fingerprint density at radius 2 is 1.91 bits per heavy atom. The largest absolute Gasteiger partial charge is 0.480 e. The third kappa shape index (κ3) is 7.26. The molecule has 2 heterocycles. The fourth-order valence-electron chi connectivity index (χ4n) is 4.43. The number of nitrogen functional groups attached to an aromatic ring is 1. The topological polar surface area (TPSA) is 131 Å². The van der Waals surface area contributed by atoms with Crippen LogP contribution in [0.4, 0.5) is 19.0 Å². The molecular weight excluding hydrogens is 443 g/mol. The summed E-state index contributed by atoms with van der Waals surface area (Å²) in [5, 5.41) is 9.57. The molecule has 0 unspecified atom stereocenters. The van der Waals surface area contributed by atoms with E-state index in [-0.39, 0.29) is 24.7 Å². The van der Waals surface area contributed by atoms with Gasteiger partial charge in [0, 0.05) is 12.6 Å². The Kier molecular flexibility index (Phi) is 8.95. The van der Waals surface area contributed by atoms with Gasteiger partial charge in [-0.05, 0) is 36.0 Å². The lowest BCUT2D eigenvalue weighted by Crippen LogP contribution is -2.67. The zero-order chi connectivity index (χ0) is 24.8. The lowest BCUT2D eigenvalue weighted by molar-refractivity contribution is -0.177. The summed E-state index contributed by atoms with van der Waals surface area (Å²) in [6, 6.07) is 2.23. The van der Waals surface area contributed by atoms with Gasteiger partial charge < -0.3 is 10.8 Å². The molecule has 2 amide bonds. The van der Waals surface area contributed by atoms with Crippen LogP contribution in [0.2, 0.25) is 0 Å². The Bertz CT molecular complexity index is 871. The van der Waals surface area contributed by atoms with Crippen molar-refractivity contribution in [1.82, 2.24) is 9.88 Å². The maximum Gasteiger partial charge on any atom is 0.446 e. The van der Waals surface area contributed by atoms with Crippen LogP contribution in [-0.4, -0.2) is 51.3 Å². The van der Waals surface area contributed by atoms with Crippen molar-refractivity contribution in [2.24, 2.45) is 17.8 Å². The highest BCUT2D eigenvalue weighted by Gasteiger charge is 2.54. The molecule has 11 heteroatoms. The number of carboxylic acids is 1. The normalized spacial score (nSPS) is 21.9. The van der Waals surface area contributed by atoms with Crippen molar-refractivity contribution < 1.29 is 37.5 Å².